The molecule has 2 N–H and O–H groups in total. The van der Waals surface area contributed by atoms with E-state index >= 15 is 0 Å². The summed E-state index contributed by atoms with van der Waals surface area (Å²) in [5, 5.41) is 5.29. The molecule has 1 heterocycles. The molecular formula is C22H22F3N3O4. The number of anilines is 1. The van der Waals surface area contributed by atoms with Gasteiger partial charge in [-0.1, -0.05) is 0 Å². The number of piperidine rings is 1. The largest absolute Gasteiger partial charge is 0.465 e. The van der Waals surface area contributed by atoms with Crippen LogP contribution in [0, 0.1) is 0 Å². The number of carbonyl (C=O) groups is 3. The molecule has 7 nitrogen and oxygen atoms in total. The Morgan fingerprint density at radius 2 is 1.50 bits per heavy atom. The van der Waals surface area contributed by atoms with Crippen LogP contribution in [0.3, 0.4) is 0 Å². The van der Waals surface area contributed by atoms with E-state index in [1.807, 2.05) is 0 Å². The summed E-state index contributed by atoms with van der Waals surface area (Å²) >= 11 is 0. The zero-order chi connectivity index (χ0) is 23.3. The van der Waals surface area contributed by atoms with Crippen LogP contribution < -0.4 is 10.6 Å². The molecule has 3 amide bonds. The van der Waals surface area contributed by atoms with Crippen LogP contribution in [0.25, 0.3) is 0 Å². The van der Waals surface area contributed by atoms with Gasteiger partial charge in [-0.3, -0.25) is 4.79 Å². The highest BCUT2D eigenvalue weighted by atomic mass is 19.4. The summed E-state index contributed by atoms with van der Waals surface area (Å²) in [4.78, 5) is 38.0. The molecular weight excluding hydrogens is 427 g/mol. The lowest BCUT2D eigenvalue weighted by atomic mass is 10.0. The Bertz CT molecular complexity index is 967. The maximum absolute atomic E-state index is 12.6. The summed E-state index contributed by atoms with van der Waals surface area (Å²) < 4.78 is 42.5. The summed E-state index contributed by atoms with van der Waals surface area (Å²) in [6, 6.07) is 9.67. The van der Waals surface area contributed by atoms with Crippen LogP contribution in [0.4, 0.5) is 23.7 Å². The number of rotatable bonds is 4. The first-order valence-corrected chi connectivity index (χ1v) is 9.90. The van der Waals surface area contributed by atoms with Crippen molar-refractivity contribution in [3.63, 3.8) is 0 Å². The van der Waals surface area contributed by atoms with Crippen molar-refractivity contribution >= 4 is 23.6 Å². The highest BCUT2D eigenvalue weighted by molar-refractivity contribution is 5.96. The lowest BCUT2D eigenvalue weighted by Gasteiger charge is -2.32. The van der Waals surface area contributed by atoms with Crippen molar-refractivity contribution in [1.82, 2.24) is 10.2 Å². The molecule has 0 atom stereocenters. The number of nitrogens with one attached hydrogen (secondary N) is 2. The minimum atomic E-state index is -4.43. The highest BCUT2D eigenvalue weighted by Gasteiger charge is 2.30. The van der Waals surface area contributed by atoms with Gasteiger partial charge in [-0.05, 0) is 61.4 Å². The molecule has 1 saturated heterocycles. The van der Waals surface area contributed by atoms with Crippen LogP contribution in [0.15, 0.2) is 48.5 Å². The smallest absolute Gasteiger partial charge is 0.416 e. The van der Waals surface area contributed by atoms with E-state index in [9.17, 15) is 27.6 Å². The third kappa shape index (κ3) is 5.77. The molecule has 3 rings (SSSR count). The maximum atomic E-state index is 12.6. The van der Waals surface area contributed by atoms with Crippen molar-refractivity contribution in [2.75, 3.05) is 25.5 Å². The van der Waals surface area contributed by atoms with Gasteiger partial charge in [-0.15, -0.1) is 0 Å². The number of likely N-dealkylation sites (tertiary alicyclic amines) is 1. The lowest BCUT2D eigenvalue weighted by molar-refractivity contribution is -0.137. The predicted molar refractivity (Wildman–Crippen MR) is 110 cm³/mol. The van der Waals surface area contributed by atoms with Gasteiger partial charge in [0.05, 0.1) is 18.2 Å². The summed E-state index contributed by atoms with van der Waals surface area (Å²) in [7, 11) is 1.28. The fourth-order valence-corrected chi connectivity index (χ4v) is 3.37. The second kappa shape index (κ2) is 9.71. The van der Waals surface area contributed by atoms with E-state index in [4.69, 9.17) is 0 Å². The van der Waals surface area contributed by atoms with E-state index in [2.05, 4.69) is 15.4 Å². The number of benzene rings is 2. The van der Waals surface area contributed by atoms with Gasteiger partial charge in [0.2, 0.25) is 0 Å². The first-order chi connectivity index (χ1) is 15.2. The fourth-order valence-electron chi connectivity index (χ4n) is 3.37. The van der Waals surface area contributed by atoms with E-state index in [1.54, 1.807) is 17.0 Å². The van der Waals surface area contributed by atoms with E-state index in [0.29, 0.717) is 37.1 Å². The predicted octanol–water partition coefficient (Wildman–Crippen LogP) is 3.92. The Hall–Kier alpha value is -3.56. The van der Waals surface area contributed by atoms with Crippen molar-refractivity contribution in [1.29, 1.82) is 0 Å². The molecule has 1 aliphatic heterocycles. The Labute approximate surface area is 182 Å². The topological polar surface area (TPSA) is 87.7 Å². The molecule has 0 saturated carbocycles. The normalized spacial score (nSPS) is 14.6. The van der Waals surface area contributed by atoms with Gasteiger partial charge in [0.1, 0.15) is 0 Å². The number of hydrogen-bond acceptors (Lipinski definition) is 4. The quantitative estimate of drug-likeness (QED) is 0.693. The van der Waals surface area contributed by atoms with Gasteiger partial charge >= 0.3 is 18.2 Å². The van der Waals surface area contributed by atoms with Crippen LogP contribution in [-0.4, -0.2) is 49.0 Å². The molecule has 2 aromatic rings. The number of alkyl halides is 3. The SMILES string of the molecule is COC(=O)c1ccc(C(=O)N2CCC(NC(=O)Nc3ccc(C(F)(F)F)cc3)CC2)cc1. The average Bonchev–Trinajstić information content (AvgIpc) is 2.78. The second-order valence-electron chi connectivity index (χ2n) is 7.31. The number of amides is 3. The molecule has 1 fully saturated rings. The summed E-state index contributed by atoms with van der Waals surface area (Å²) in [6.07, 6.45) is -3.37. The van der Waals surface area contributed by atoms with Gasteiger partial charge in [-0.25, -0.2) is 9.59 Å². The van der Waals surface area contributed by atoms with Gasteiger partial charge < -0.3 is 20.3 Å². The van der Waals surface area contributed by atoms with E-state index in [0.717, 1.165) is 12.1 Å². The summed E-state index contributed by atoms with van der Waals surface area (Å²) in [5.41, 5.74) is 0.258. The number of ether oxygens (including phenoxy) is 1. The standard InChI is InChI=1S/C22H22F3N3O4/c1-32-20(30)15-4-2-14(3-5-15)19(29)28-12-10-18(11-13-28)27-21(31)26-17-8-6-16(7-9-17)22(23,24)25/h2-9,18H,10-13H2,1H3,(H2,26,27,31). The molecule has 0 unspecified atom stereocenters. The number of esters is 1. The lowest BCUT2D eigenvalue weighted by Crippen LogP contribution is -2.47. The molecule has 10 heteroatoms. The summed E-state index contributed by atoms with van der Waals surface area (Å²) in [5.74, 6) is -0.653. The molecule has 32 heavy (non-hydrogen) atoms. The zero-order valence-electron chi connectivity index (χ0n) is 17.2. The Kier molecular flexibility index (Phi) is 7.01. The fraction of sp³-hybridized carbons (Fsp3) is 0.318. The van der Waals surface area contributed by atoms with Crippen molar-refractivity contribution in [3.05, 3.63) is 65.2 Å². The maximum Gasteiger partial charge on any atom is 0.416 e. The van der Waals surface area contributed by atoms with E-state index < -0.39 is 23.7 Å². The minimum Gasteiger partial charge on any atom is -0.465 e. The molecule has 0 spiro atoms. The van der Waals surface area contributed by atoms with Gasteiger partial charge in [0.25, 0.3) is 5.91 Å². The van der Waals surface area contributed by atoms with Crippen molar-refractivity contribution in [2.24, 2.45) is 0 Å². The average molecular weight is 449 g/mol. The highest BCUT2D eigenvalue weighted by Crippen LogP contribution is 2.29. The van der Waals surface area contributed by atoms with Crippen LogP contribution >= 0.6 is 0 Å². The van der Waals surface area contributed by atoms with E-state index in [1.165, 1.54) is 31.4 Å². The third-order valence-electron chi connectivity index (χ3n) is 5.14. The van der Waals surface area contributed by atoms with Crippen molar-refractivity contribution in [2.45, 2.75) is 25.1 Å². The number of hydrogen-bond donors (Lipinski definition) is 2. The van der Waals surface area contributed by atoms with E-state index in [-0.39, 0.29) is 17.6 Å². The minimum absolute atomic E-state index is 0.171. The summed E-state index contributed by atoms with van der Waals surface area (Å²) in [6.45, 7) is 0.867. The van der Waals surface area contributed by atoms with Gasteiger partial charge in [0.15, 0.2) is 0 Å². The Morgan fingerprint density at radius 1 is 0.938 bits per heavy atom. The zero-order valence-corrected chi connectivity index (χ0v) is 17.2. The molecule has 0 aromatic heterocycles. The van der Waals surface area contributed by atoms with Crippen LogP contribution in [0.5, 0.6) is 0 Å². The monoisotopic (exact) mass is 449 g/mol. The number of halogens is 3. The van der Waals surface area contributed by atoms with Crippen molar-refractivity contribution < 1.29 is 32.3 Å². The molecule has 2 aromatic carbocycles. The van der Waals surface area contributed by atoms with Crippen LogP contribution in [0.2, 0.25) is 0 Å². The van der Waals surface area contributed by atoms with Crippen LogP contribution in [-0.2, 0) is 10.9 Å². The second-order valence-corrected chi connectivity index (χ2v) is 7.31. The molecule has 1 aliphatic rings. The number of carbonyl (C=O) groups excluding carboxylic acids is 3. The van der Waals surface area contributed by atoms with Gasteiger partial charge in [-0.2, -0.15) is 13.2 Å². The molecule has 0 radical (unpaired) electrons. The van der Waals surface area contributed by atoms with Gasteiger partial charge in [0, 0.05) is 30.4 Å². The Morgan fingerprint density at radius 3 is 2.03 bits per heavy atom. The van der Waals surface area contributed by atoms with Crippen molar-refractivity contribution in [3.8, 4) is 0 Å². The first kappa shape index (κ1) is 23.1. The molecule has 170 valence electrons. The number of nitrogens with zero attached hydrogens (tertiary/aromatic N) is 1. The third-order valence-corrected chi connectivity index (χ3v) is 5.14. The number of methoxy groups -OCH3 is 1. The molecule has 0 bridgehead atoms. The molecule has 0 aliphatic carbocycles. The van der Waals surface area contributed by atoms with Crippen LogP contribution in [0.1, 0.15) is 39.1 Å². The first-order valence-electron chi connectivity index (χ1n) is 9.90. The Balaban J connectivity index is 1.47. The number of urea groups is 1.